The molecule has 0 N–H and O–H groups in total. The van der Waals surface area contributed by atoms with Gasteiger partial charge in [0.25, 0.3) is 0 Å². The third-order valence-electron chi connectivity index (χ3n) is 12.7. The second-order valence-corrected chi connectivity index (χ2v) is 16.7. The summed E-state index contributed by atoms with van der Waals surface area (Å²) in [6, 6.07) is 50.6. The summed E-state index contributed by atoms with van der Waals surface area (Å²) in [7, 11) is 0. The zero-order valence-electron chi connectivity index (χ0n) is 31.0. The average molecular weight is 680 g/mol. The summed E-state index contributed by atoms with van der Waals surface area (Å²) in [5.74, 6) is 0.613. The van der Waals surface area contributed by atoms with Crippen LogP contribution in [0, 0.1) is 13.8 Å². The summed E-state index contributed by atoms with van der Waals surface area (Å²) in [5, 5.41) is 9.22. The first-order valence-electron chi connectivity index (χ1n) is 19.2. The maximum atomic E-state index is 5.74. The van der Waals surface area contributed by atoms with Crippen LogP contribution in [0.5, 0.6) is 0 Å². The van der Waals surface area contributed by atoms with Gasteiger partial charge in [0.15, 0.2) is 0 Å². The van der Waals surface area contributed by atoms with Crippen molar-refractivity contribution in [2.45, 2.75) is 58.3 Å². The normalized spacial score (nSPS) is 16.3. The lowest BCUT2D eigenvalue weighted by Gasteiger charge is -2.27. The Hall–Kier alpha value is -5.79. The van der Waals surface area contributed by atoms with Crippen LogP contribution in [0.3, 0.4) is 0 Å². The van der Waals surface area contributed by atoms with Crippen molar-refractivity contribution in [1.82, 2.24) is 4.98 Å². The van der Waals surface area contributed by atoms with E-state index < -0.39 is 0 Å². The van der Waals surface area contributed by atoms with Crippen molar-refractivity contribution in [2.75, 3.05) is 0 Å². The van der Waals surface area contributed by atoms with Crippen LogP contribution in [0.2, 0.25) is 0 Å². The molecular formula is C52H41N. The second-order valence-electron chi connectivity index (χ2n) is 16.7. The average Bonchev–Trinajstić information content (AvgIpc) is 3.74. The summed E-state index contributed by atoms with van der Waals surface area (Å²) < 4.78 is 0. The molecule has 254 valence electrons. The molecule has 2 unspecified atom stereocenters. The monoisotopic (exact) mass is 679 g/mol. The molecule has 0 radical (unpaired) electrons. The van der Waals surface area contributed by atoms with Gasteiger partial charge < -0.3 is 0 Å². The number of hydrogen-bond acceptors (Lipinski definition) is 1. The fraction of sp³-hybridized carbons (Fsp3) is 0.173. The van der Waals surface area contributed by atoms with E-state index in [1.54, 1.807) is 0 Å². The highest BCUT2D eigenvalue weighted by Gasteiger charge is 2.45. The number of nitrogens with zero attached hydrogens (tertiary/aromatic N) is 1. The Morgan fingerprint density at radius 1 is 0.509 bits per heavy atom. The van der Waals surface area contributed by atoms with Crippen molar-refractivity contribution in [3.05, 3.63) is 172 Å². The van der Waals surface area contributed by atoms with Crippen LogP contribution >= 0.6 is 0 Å². The van der Waals surface area contributed by atoms with Crippen molar-refractivity contribution in [3.63, 3.8) is 0 Å². The quantitative estimate of drug-likeness (QED) is 0.134. The first-order chi connectivity index (χ1) is 25.7. The Kier molecular flexibility index (Phi) is 6.32. The molecule has 0 spiro atoms. The first-order valence-corrected chi connectivity index (χ1v) is 19.2. The largest absolute Gasteiger partial charge is 0.247 e. The summed E-state index contributed by atoms with van der Waals surface area (Å²) in [4.78, 5) is 5.74. The van der Waals surface area contributed by atoms with Crippen LogP contribution < -0.4 is 0 Å². The van der Waals surface area contributed by atoms with Gasteiger partial charge in [0.05, 0.1) is 11.2 Å². The molecule has 2 aliphatic carbocycles. The van der Waals surface area contributed by atoms with Crippen LogP contribution in [0.25, 0.3) is 76.7 Å². The zero-order valence-corrected chi connectivity index (χ0v) is 31.0. The molecule has 0 fully saturated rings. The molecule has 0 aliphatic heterocycles. The summed E-state index contributed by atoms with van der Waals surface area (Å²) in [6.07, 6.45) is 1.09. The molecule has 53 heavy (non-hydrogen) atoms. The third kappa shape index (κ3) is 4.34. The van der Waals surface area contributed by atoms with Crippen LogP contribution in [0.15, 0.2) is 133 Å². The van der Waals surface area contributed by atoms with E-state index >= 15 is 0 Å². The lowest BCUT2D eigenvalue weighted by Crippen LogP contribution is -2.11. The van der Waals surface area contributed by atoms with E-state index in [1.165, 1.54) is 104 Å². The highest BCUT2D eigenvalue weighted by atomic mass is 14.7. The molecule has 1 aromatic heterocycles. The fourth-order valence-corrected chi connectivity index (χ4v) is 10.1. The number of pyridine rings is 1. The molecule has 1 nitrogen and oxygen atoms in total. The number of hydrogen-bond donors (Lipinski definition) is 0. The third-order valence-corrected chi connectivity index (χ3v) is 12.7. The second kappa shape index (κ2) is 10.9. The molecule has 2 atom stereocenters. The number of rotatable bonds is 3. The van der Waals surface area contributed by atoms with E-state index in [1.807, 2.05) is 0 Å². The summed E-state index contributed by atoms with van der Waals surface area (Å²) in [6.45, 7) is 11.4. The van der Waals surface area contributed by atoms with E-state index in [0.717, 1.165) is 17.6 Å². The van der Waals surface area contributed by atoms with Gasteiger partial charge >= 0.3 is 0 Å². The molecule has 2 aliphatic rings. The van der Waals surface area contributed by atoms with Gasteiger partial charge in [-0.3, -0.25) is 0 Å². The van der Waals surface area contributed by atoms with E-state index in [0.29, 0.717) is 11.8 Å². The molecule has 1 heterocycles. The van der Waals surface area contributed by atoms with Gasteiger partial charge in [-0.15, -0.1) is 0 Å². The van der Waals surface area contributed by atoms with E-state index in [9.17, 15) is 0 Å². The molecule has 2 bridgehead atoms. The van der Waals surface area contributed by atoms with E-state index in [2.05, 4.69) is 168 Å². The molecule has 0 saturated carbocycles. The van der Waals surface area contributed by atoms with Gasteiger partial charge in [0, 0.05) is 28.2 Å². The van der Waals surface area contributed by atoms with Crippen molar-refractivity contribution in [2.24, 2.45) is 0 Å². The Balaban J connectivity index is 1.22. The van der Waals surface area contributed by atoms with E-state index in [4.69, 9.17) is 4.98 Å². The minimum absolute atomic E-state index is 0.0826. The minimum atomic E-state index is 0.0826. The molecule has 0 saturated heterocycles. The maximum absolute atomic E-state index is 5.74. The summed E-state index contributed by atoms with van der Waals surface area (Å²) in [5.41, 5.74) is 18.8. The molecule has 9 aromatic rings. The first kappa shape index (κ1) is 30.8. The fourth-order valence-electron chi connectivity index (χ4n) is 10.1. The molecule has 8 aromatic carbocycles. The van der Waals surface area contributed by atoms with Gasteiger partial charge in [0.2, 0.25) is 0 Å². The highest BCUT2D eigenvalue weighted by molar-refractivity contribution is 6.29. The Morgan fingerprint density at radius 3 is 1.66 bits per heavy atom. The van der Waals surface area contributed by atoms with Crippen molar-refractivity contribution < 1.29 is 0 Å². The lowest BCUT2D eigenvalue weighted by molar-refractivity contribution is 0.591. The predicted molar refractivity (Wildman–Crippen MR) is 225 cm³/mol. The standard InChI is InChI=1S/C52H41N/c1-29-13-9-11-17-36(29)39-26-41-42(27-40(39)37-18-12-10-14-30(37)2)44-28-43(41)48-45-25-34-20-19-32-23-35(52(3,4)5)24-33-21-22-38(47(34)46(32)33)51(45)53-50(49(44)48)31-15-7-6-8-16-31/h6-27,43-44H,28H2,1-5H3. The van der Waals surface area contributed by atoms with Gasteiger partial charge in [-0.1, -0.05) is 136 Å². The van der Waals surface area contributed by atoms with Crippen LogP contribution in [-0.4, -0.2) is 4.98 Å². The highest BCUT2D eigenvalue weighted by Crippen LogP contribution is 2.62. The Labute approximate surface area is 311 Å². The number of benzene rings is 8. The molecular weight excluding hydrogens is 639 g/mol. The molecule has 1 heteroatoms. The van der Waals surface area contributed by atoms with Crippen LogP contribution in [0.1, 0.15) is 78.0 Å². The van der Waals surface area contributed by atoms with Gasteiger partial charge in [-0.25, -0.2) is 4.98 Å². The Bertz CT molecular complexity index is 2960. The zero-order chi connectivity index (χ0) is 35.7. The topological polar surface area (TPSA) is 12.9 Å². The number of aryl methyl sites for hydroxylation is 2. The van der Waals surface area contributed by atoms with Gasteiger partial charge in [0.1, 0.15) is 0 Å². The maximum Gasteiger partial charge on any atom is 0.0791 e. The van der Waals surface area contributed by atoms with Gasteiger partial charge in [-0.05, 0) is 132 Å². The van der Waals surface area contributed by atoms with E-state index in [-0.39, 0.29) is 5.41 Å². The SMILES string of the molecule is Cc1ccccc1-c1cc2c(cc1-c1ccccc1C)C1CC2c2c(-c3ccccc3)nc3c(cc4ccc5cc(C(C)(C)C)cc6ccc3c4c56)c21. The number of fused-ring (bicyclic) bond motifs is 11. The van der Waals surface area contributed by atoms with Crippen LogP contribution in [0.4, 0.5) is 0 Å². The van der Waals surface area contributed by atoms with Crippen molar-refractivity contribution >= 4 is 43.2 Å². The molecule has 0 amide bonds. The predicted octanol–water partition coefficient (Wildman–Crippen LogP) is 14.0. The number of aromatic nitrogens is 1. The van der Waals surface area contributed by atoms with Crippen molar-refractivity contribution in [1.29, 1.82) is 0 Å². The molecule has 11 rings (SSSR count). The minimum Gasteiger partial charge on any atom is -0.247 e. The van der Waals surface area contributed by atoms with Gasteiger partial charge in [-0.2, -0.15) is 0 Å². The smallest absolute Gasteiger partial charge is 0.0791 e. The van der Waals surface area contributed by atoms with Crippen molar-refractivity contribution in [3.8, 4) is 33.5 Å². The lowest BCUT2D eigenvalue weighted by atomic mass is 9.78. The Morgan fingerprint density at radius 2 is 1.06 bits per heavy atom. The summed E-state index contributed by atoms with van der Waals surface area (Å²) >= 11 is 0. The van der Waals surface area contributed by atoms with Crippen LogP contribution in [-0.2, 0) is 5.41 Å².